The normalized spacial score (nSPS) is 42.8. The molecule has 4 atom stereocenters. The third-order valence-corrected chi connectivity index (χ3v) is 6.69. The zero-order valence-electron chi connectivity index (χ0n) is 12.5. The summed E-state index contributed by atoms with van der Waals surface area (Å²) in [6, 6.07) is 0.633. The summed E-state index contributed by atoms with van der Waals surface area (Å²) in [5.41, 5.74) is 0.277. The van der Waals surface area contributed by atoms with Crippen LogP contribution in [0, 0.1) is 17.8 Å². The summed E-state index contributed by atoms with van der Waals surface area (Å²) in [6.07, 6.45) is 6.88. The summed E-state index contributed by atoms with van der Waals surface area (Å²) in [4.78, 5) is 0. The lowest BCUT2D eigenvalue weighted by molar-refractivity contribution is -0.103. The highest BCUT2D eigenvalue weighted by molar-refractivity contribution is 7.99. The van der Waals surface area contributed by atoms with Crippen LogP contribution >= 0.6 is 11.8 Å². The van der Waals surface area contributed by atoms with Crippen LogP contribution in [0.15, 0.2) is 0 Å². The number of hydrogen-bond donors (Lipinski definition) is 1. The Morgan fingerprint density at radius 1 is 1.32 bits per heavy atom. The Balaban J connectivity index is 1.53. The van der Waals surface area contributed by atoms with Gasteiger partial charge in [0.25, 0.3) is 0 Å². The SMILES string of the molecule is CC(C)NCC1CCC1C1CCOC2(CCSC2)C1. The molecule has 0 bridgehead atoms. The van der Waals surface area contributed by atoms with Crippen LogP contribution in [-0.2, 0) is 4.74 Å². The lowest BCUT2D eigenvalue weighted by Crippen LogP contribution is -2.47. The number of rotatable bonds is 4. The first-order chi connectivity index (χ1) is 9.19. The second kappa shape index (κ2) is 5.95. The lowest BCUT2D eigenvalue weighted by Gasteiger charge is -2.48. The molecule has 1 aliphatic carbocycles. The third kappa shape index (κ3) is 3.14. The fourth-order valence-corrected chi connectivity index (χ4v) is 5.53. The molecule has 1 N–H and O–H groups in total. The summed E-state index contributed by atoms with van der Waals surface area (Å²) < 4.78 is 6.17. The largest absolute Gasteiger partial charge is 0.374 e. The van der Waals surface area contributed by atoms with Gasteiger partial charge in [0.15, 0.2) is 0 Å². The van der Waals surface area contributed by atoms with Crippen LogP contribution < -0.4 is 5.32 Å². The average Bonchev–Trinajstić information content (AvgIpc) is 2.75. The van der Waals surface area contributed by atoms with E-state index in [0.717, 1.165) is 24.4 Å². The molecule has 0 aromatic heterocycles. The Kier molecular flexibility index (Phi) is 4.45. The summed E-state index contributed by atoms with van der Waals surface area (Å²) in [5.74, 6) is 5.44. The van der Waals surface area contributed by atoms with E-state index in [0.29, 0.717) is 6.04 Å². The zero-order valence-corrected chi connectivity index (χ0v) is 13.3. The van der Waals surface area contributed by atoms with Crippen LogP contribution in [0.4, 0.5) is 0 Å². The van der Waals surface area contributed by atoms with Gasteiger partial charge in [-0.25, -0.2) is 0 Å². The Morgan fingerprint density at radius 3 is 2.84 bits per heavy atom. The van der Waals surface area contributed by atoms with Crippen LogP contribution in [0.5, 0.6) is 0 Å². The van der Waals surface area contributed by atoms with E-state index in [9.17, 15) is 0 Å². The molecule has 1 saturated carbocycles. The van der Waals surface area contributed by atoms with Gasteiger partial charge in [-0.3, -0.25) is 0 Å². The summed E-state index contributed by atoms with van der Waals surface area (Å²) in [7, 11) is 0. The van der Waals surface area contributed by atoms with Crippen molar-refractivity contribution in [2.75, 3.05) is 24.7 Å². The van der Waals surface area contributed by atoms with Crippen molar-refractivity contribution >= 4 is 11.8 Å². The van der Waals surface area contributed by atoms with Crippen LogP contribution in [0.1, 0.15) is 46.0 Å². The van der Waals surface area contributed by atoms with E-state index in [1.807, 2.05) is 0 Å². The highest BCUT2D eigenvalue weighted by Gasteiger charge is 2.45. The number of thioether (sulfide) groups is 1. The average molecular weight is 283 g/mol. The Hall–Kier alpha value is 0.270. The summed E-state index contributed by atoms with van der Waals surface area (Å²) in [5, 5.41) is 3.64. The minimum absolute atomic E-state index is 0.277. The molecule has 3 heteroatoms. The van der Waals surface area contributed by atoms with Gasteiger partial charge in [-0.2, -0.15) is 11.8 Å². The van der Waals surface area contributed by atoms with Crippen molar-refractivity contribution in [2.24, 2.45) is 17.8 Å². The molecule has 3 rings (SSSR count). The first-order valence-electron chi connectivity index (χ1n) is 8.14. The quantitative estimate of drug-likeness (QED) is 0.855. The minimum Gasteiger partial charge on any atom is -0.374 e. The van der Waals surface area contributed by atoms with Crippen LogP contribution in [0.3, 0.4) is 0 Å². The van der Waals surface area contributed by atoms with Crippen molar-refractivity contribution in [3.05, 3.63) is 0 Å². The number of hydrogen-bond acceptors (Lipinski definition) is 3. The van der Waals surface area contributed by atoms with Gasteiger partial charge in [-0.05, 0) is 62.2 Å². The smallest absolute Gasteiger partial charge is 0.0783 e. The molecule has 0 aromatic rings. The van der Waals surface area contributed by atoms with Crippen LogP contribution in [0.2, 0.25) is 0 Å². The van der Waals surface area contributed by atoms with E-state index >= 15 is 0 Å². The molecule has 3 aliphatic rings. The summed E-state index contributed by atoms with van der Waals surface area (Å²) in [6.45, 7) is 6.77. The minimum atomic E-state index is 0.277. The topological polar surface area (TPSA) is 21.3 Å². The van der Waals surface area contributed by atoms with Gasteiger partial charge in [0, 0.05) is 18.4 Å². The monoisotopic (exact) mass is 283 g/mol. The van der Waals surface area contributed by atoms with E-state index in [4.69, 9.17) is 4.74 Å². The predicted molar refractivity (Wildman–Crippen MR) is 82.7 cm³/mol. The van der Waals surface area contributed by atoms with E-state index in [2.05, 4.69) is 30.9 Å². The molecule has 0 radical (unpaired) electrons. The lowest BCUT2D eigenvalue weighted by atomic mass is 9.63. The van der Waals surface area contributed by atoms with Crippen molar-refractivity contribution in [1.29, 1.82) is 0 Å². The van der Waals surface area contributed by atoms with Crippen molar-refractivity contribution < 1.29 is 4.74 Å². The Morgan fingerprint density at radius 2 is 2.21 bits per heavy atom. The molecule has 19 heavy (non-hydrogen) atoms. The second-order valence-electron chi connectivity index (χ2n) is 7.15. The number of ether oxygens (including phenoxy) is 1. The molecular weight excluding hydrogens is 254 g/mol. The van der Waals surface area contributed by atoms with Gasteiger partial charge >= 0.3 is 0 Å². The van der Waals surface area contributed by atoms with Gasteiger partial charge < -0.3 is 10.1 Å². The first-order valence-corrected chi connectivity index (χ1v) is 9.29. The van der Waals surface area contributed by atoms with E-state index in [1.165, 1.54) is 50.2 Å². The van der Waals surface area contributed by atoms with Gasteiger partial charge in [0.05, 0.1) is 5.60 Å². The van der Waals surface area contributed by atoms with Gasteiger partial charge in [-0.1, -0.05) is 13.8 Å². The van der Waals surface area contributed by atoms with Gasteiger partial charge in [-0.15, -0.1) is 0 Å². The maximum absolute atomic E-state index is 6.17. The second-order valence-corrected chi connectivity index (χ2v) is 8.26. The molecule has 1 spiro atoms. The zero-order chi connectivity index (χ0) is 13.3. The number of nitrogens with one attached hydrogen (secondary N) is 1. The molecule has 0 amide bonds. The molecule has 3 fully saturated rings. The molecule has 110 valence electrons. The van der Waals surface area contributed by atoms with Crippen LogP contribution in [-0.4, -0.2) is 36.3 Å². The molecule has 2 heterocycles. The third-order valence-electron chi connectivity index (χ3n) is 5.47. The predicted octanol–water partition coefficient (Wildman–Crippen LogP) is 3.31. The molecule has 2 nitrogen and oxygen atoms in total. The summed E-state index contributed by atoms with van der Waals surface area (Å²) >= 11 is 2.10. The maximum atomic E-state index is 6.17. The van der Waals surface area contributed by atoms with Crippen molar-refractivity contribution in [3.8, 4) is 0 Å². The van der Waals surface area contributed by atoms with E-state index in [-0.39, 0.29) is 5.60 Å². The fourth-order valence-electron chi connectivity index (χ4n) is 4.15. The van der Waals surface area contributed by atoms with Gasteiger partial charge in [0.2, 0.25) is 0 Å². The molecule has 2 aliphatic heterocycles. The van der Waals surface area contributed by atoms with E-state index < -0.39 is 0 Å². The highest BCUT2D eigenvalue weighted by atomic mass is 32.2. The van der Waals surface area contributed by atoms with Crippen molar-refractivity contribution in [1.82, 2.24) is 5.32 Å². The van der Waals surface area contributed by atoms with Crippen molar-refractivity contribution in [2.45, 2.75) is 57.6 Å². The van der Waals surface area contributed by atoms with Crippen LogP contribution in [0.25, 0.3) is 0 Å². The first kappa shape index (κ1) is 14.2. The molecule has 0 aromatic carbocycles. The van der Waals surface area contributed by atoms with Gasteiger partial charge in [0.1, 0.15) is 0 Å². The Bertz CT molecular complexity index is 301. The maximum Gasteiger partial charge on any atom is 0.0783 e. The molecular formula is C16H29NOS. The molecule has 4 unspecified atom stereocenters. The fraction of sp³-hybridized carbons (Fsp3) is 1.00. The highest BCUT2D eigenvalue weighted by Crippen LogP contribution is 2.49. The van der Waals surface area contributed by atoms with Crippen molar-refractivity contribution in [3.63, 3.8) is 0 Å². The molecule has 2 saturated heterocycles. The standard InChI is InChI=1S/C16H29NOS/c1-12(2)17-10-14-3-4-15(14)13-5-7-18-16(9-13)6-8-19-11-16/h12-15,17H,3-11H2,1-2H3. The Labute approximate surface area is 122 Å². The van der Waals surface area contributed by atoms with E-state index in [1.54, 1.807) is 0 Å².